The number of ether oxygens (including phenoxy) is 1. The molecule has 11 heteroatoms. The summed E-state index contributed by atoms with van der Waals surface area (Å²) in [5, 5.41) is 15.9. The number of nitrogens with zero attached hydrogens (tertiary/aromatic N) is 2. The van der Waals surface area contributed by atoms with E-state index in [1.165, 1.54) is 18.1 Å². The van der Waals surface area contributed by atoms with Crippen LogP contribution in [0.1, 0.15) is 78.8 Å². The van der Waals surface area contributed by atoms with Gasteiger partial charge in [0.25, 0.3) is 5.91 Å². The lowest BCUT2D eigenvalue weighted by Gasteiger charge is -2.40. The van der Waals surface area contributed by atoms with Crippen molar-refractivity contribution >= 4 is 46.4 Å². The van der Waals surface area contributed by atoms with Gasteiger partial charge in [0.1, 0.15) is 12.1 Å². The molecule has 0 bridgehead atoms. The Morgan fingerprint density at radius 3 is 2.36 bits per heavy atom. The van der Waals surface area contributed by atoms with Crippen LogP contribution >= 0.6 is 0 Å². The first kappa shape index (κ1) is 33.3. The largest absolute Gasteiger partial charge is 0.478 e. The van der Waals surface area contributed by atoms with E-state index in [0.29, 0.717) is 61.9 Å². The van der Waals surface area contributed by atoms with Crippen LogP contribution < -0.4 is 10.6 Å². The number of aromatic nitrogens is 1. The van der Waals surface area contributed by atoms with Crippen LogP contribution in [0.4, 0.5) is 5.69 Å². The first-order valence-electron chi connectivity index (χ1n) is 17.5. The van der Waals surface area contributed by atoms with Crippen molar-refractivity contribution in [1.82, 2.24) is 14.8 Å². The number of furan rings is 1. The number of morpholine rings is 1. The summed E-state index contributed by atoms with van der Waals surface area (Å²) < 4.78 is 13.1. The summed E-state index contributed by atoms with van der Waals surface area (Å²) in [5.41, 5.74) is 4.45. The number of hydrogen-bond acceptors (Lipinski definition) is 6. The lowest BCUT2D eigenvalue weighted by atomic mass is 9.75. The van der Waals surface area contributed by atoms with E-state index in [9.17, 15) is 19.2 Å². The van der Waals surface area contributed by atoms with E-state index in [0.717, 1.165) is 60.3 Å². The van der Waals surface area contributed by atoms with E-state index >= 15 is 0 Å². The van der Waals surface area contributed by atoms with E-state index < -0.39 is 11.5 Å². The Morgan fingerprint density at radius 2 is 1.70 bits per heavy atom. The molecule has 2 aliphatic carbocycles. The van der Waals surface area contributed by atoms with Gasteiger partial charge in [-0.15, -0.1) is 0 Å². The van der Waals surface area contributed by atoms with E-state index in [2.05, 4.69) is 15.2 Å². The van der Waals surface area contributed by atoms with Gasteiger partial charge in [-0.1, -0.05) is 37.5 Å². The van der Waals surface area contributed by atoms with Crippen LogP contribution in [0, 0.1) is 0 Å². The Balaban J connectivity index is 1.20. The molecule has 0 radical (unpaired) electrons. The molecule has 7 rings (SSSR count). The Bertz CT molecular complexity index is 1910. The molecule has 260 valence electrons. The average Bonchev–Trinajstić information content (AvgIpc) is 3.76. The predicted molar refractivity (Wildman–Crippen MR) is 189 cm³/mol. The van der Waals surface area contributed by atoms with Crippen molar-refractivity contribution in [3.63, 3.8) is 0 Å². The van der Waals surface area contributed by atoms with Gasteiger partial charge in [-0.2, -0.15) is 0 Å². The average molecular weight is 679 g/mol. The number of rotatable bonds is 10. The molecule has 3 heterocycles. The Morgan fingerprint density at radius 1 is 0.940 bits per heavy atom. The fraction of sp³-hybridized carbons (Fsp3) is 0.385. The maximum absolute atomic E-state index is 14.0. The summed E-state index contributed by atoms with van der Waals surface area (Å²) in [4.78, 5) is 54.0. The van der Waals surface area contributed by atoms with Gasteiger partial charge in [-0.05, 0) is 85.6 Å². The second-order valence-electron chi connectivity index (χ2n) is 13.6. The minimum Gasteiger partial charge on any atom is -0.478 e. The third kappa shape index (κ3) is 6.82. The molecule has 2 aromatic heterocycles. The maximum Gasteiger partial charge on any atom is 0.328 e. The molecule has 0 unspecified atom stereocenters. The topological polar surface area (TPSA) is 143 Å². The van der Waals surface area contributed by atoms with Crippen LogP contribution in [0.15, 0.2) is 71.6 Å². The van der Waals surface area contributed by atoms with Crippen molar-refractivity contribution in [3.05, 3.63) is 83.8 Å². The van der Waals surface area contributed by atoms with Gasteiger partial charge < -0.3 is 34.4 Å². The Hall–Kier alpha value is -5.16. The minimum atomic E-state index is -1.06. The number of benzene rings is 2. The molecule has 3 fully saturated rings. The van der Waals surface area contributed by atoms with Crippen LogP contribution in [0.3, 0.4) is 0 Å². The van der Waals surface area contributed by atoms with E-state index in [1.807, 2.05) is 29.2 Å². The second kappa shape index (κ2) is 14.4. The number of anilines is 1. The Labute approximate surface area is 290 Å². The van der Waals surface area contributed by atoms with Crippen LogP contribution in [-0.4, -0.2) is 70.1 Å². The monoisotopic (exact) mass is 678 g/mol. The molecule has 50 heavy (non-hydrogen) atoms. The van der Waals surface area contributed by atoms with Crippen molar-refractivity contribution < 1.29 is 33.4 Å². The fourth-order valence-corrected chi connectivity index (χ4v) is 7.57. The van der Waals surface area contributed by atoms with Gasteiger partial charge in [-0.25, -0.2) is 4.79 Å². The number of carbonyl (C=O) groups is 4. The quantitative estimate of drug-likeness (QED) is 0.170. The lowest BCUT2D eigenvalue weighted by Crippen LogP contribution is -2.61. The third-order valence-corrected chi connectivity index (χ3v) is 10.4. The molecule has 3 N–H and O–H groups in total. The van der Waals surface area contributed by atoms with Crippen molar-refractivity contribution in [2.45, 2.75) is 69.4 Å². The van der Waals surface area contributed by atoms with Crippen LogP contribution in [0.2, 0.25) is 0 Å². The number of nitrogens with one attached hydrogen (secondary N) is 2. The highest BCUT2D eigenvalue weighted by atomic mass is 16.5. The van der Waals surface area contributed by atoms with Gasteiger partial charge in [0.15, 0.2) is 0 Å². The molecule has 0 spiro atoms. The zero-order valence-corrected chi connectivity index (χ0v) is 28.0. The second-order valence-corrected chi connectivity index (χ2v) is 13.6. The molecule has 1 saturated heterocycles. The summed E-state index contributed by atoms with van der Waals surface area (Å²) in [6.07, 6.45) is 13.3. The van der Waals surface area contributed by atoms with Gasteiger partial charge >= 0.3 is 5.97 Å². The molecule has 2 saturated carbocycles. The number of aliphatic carboxylic acids is 1. The Kier molecular flexibility index (Phi) is 9.58. The first-order valence-corrected chi connectivity index (χ1v) is 17.5. The van der Waals surface area contributed by atoms with Crippen molar-refractivity contribution in [1.29, 1.82) is 0 Å². The maximum atomic E-state index is 14.0. The molecule has 1 aliphatic heterocycles. The number of amides is 3. The highest BCUT2D eigenvalue weighted by molar-refractivity contribution is 6.06. The highest BCUT2D eigenvalue weighted by Gasteiger charge is 2.45. The SMILES string of the molecule is O=C(O)/C=C/c1ccc(NC(=O)C2(NC(=O)c3ccc4c(C5CCCCC5)c(-c5ccoc5)n(CC(=O)N5CCOCC5)c4c3)CCC2)cc1. The van der Waals surface area contributed by atoms with Crippen molar-refractivity contribution in [3.8, 4) is 11.3 Å². The summed E-state index contributed by atoms with van der Waals surface area (Å²) in [6.45, 7) is 2.22. The standard InChI is InChI=1S/C39H42N4O7/c44-33(42-18-21-49-22-19-42)24-43-32-23-28(10-13-31(32)35(27-5-2-1-3-6-27)36(43)29-15-20-50-25-29)37(47)41-39(16-4-17-39)38(48)40-30-11-7-26(8-12-30)9-14-34(45)46/h7-15,20,23,25,27H,1-6,16-19,21-22,24H2,(H,40,48)(H,41,47)(H,45,46)/b14-9+. The summed E-state index contributed by atoms with van der Waals surface area (Å²) in [5.74, 6) is -1.38. The molecular weight excluding hydrogens is 636 g/mol. The van der Waals surface area contributed by atoms with Crippen LogP contribution in [-0.2, 0) is 25.7 Å². The number of carbonyl (C=O) groups excluding carboxylic acids is 3. The molecule has 2 aromatic carbocycles. The molecule has 4 aromatic rings. The van der Waals surface area contributed by atoms with Crippen LogP contribution in [0.25, 0.3) is 28.2 Å². The van der Waals surface area contributed by atoms with Crippen molar-refractivity contribution in [2.75, 3.05) is 31.6 Å². The third-order valence-electron chi connectivity index (χ3n) is 10.4. The number of carboxylic acids is 1. The lowest BCUT2D eigenvalue weighted by molar-refractivity contribution is -0.135. The smallest absolute Gasteiger partial charge is 0.328 e. The van der Waals surface area contributed by atoms with E-state index in [4.69, 9.17) is 14.3 Å². The van der Waals surface area contributed by atoms with Crippen molar-refractivity contribution in [2.24, 2.45) is 0 Å². The molecular formula is C39H42N4O7. The predicted octanol–water partition coefficient (Wildman–Crippen LogP) is 6.20. The highest BCUT2D eigenvalue weighted by Crippen LogP contribution is 2.44. The first-order chi connectivity index (χ1) is 24.3. The molecule has 0 atom stereocenters. The zero-order chi connectivity index (χ0) is 34.7. The summed E-state index contributed by atoms with van der Waals surface area (Å²) in [7, 11) is 0. The molecule has 3 aliphatic rings. The number of hydrogen-bond donors (Lipinski definition) is 3. The van der Waals surface area contributed by atoms with Gasteiger partial charge in [0.2, 0.25) is 11.8 Å². The normalized spacial score (nSPS) is 17.8. The molecule has 11 nitrogen and oxygen atoms in total. The van der Waals surface area contributed by atoms with Gasteiger partial charge in [0, 0.05) is 41.4 Å². The van der Waals surface area contributed by atoms with Crippen LogP contribution in [0.5, 0.6) is 0 Å². The van der Waals surface area contributed by atoms with Gasteiger partial charge in [0.05, 0.1) is 37.0 Å². The summed E-state index contributed by atoms with van der Waals surface area (Å²) in [6, 6.07) is 14.5. The fourth-order valence-electron chi connectivity index (χ4n) is 7.57. The molecule has 3 amide bonds. The minimum absolute atomic E-state index is 0.00368. The summed E-state index contributed by atoms with van der Waals surface area (Å²) >= 11 is 0. The number of carboxylic acid groups (broad SMARTS) is 1. The zero-order valence-electron chi connectivity index (χ0n) is 28.0. The van der Waals surface area contributed by atoms with E-state index in [1.54, 1.807) is 36.8 Å². The van der Waals surface area contributed by atoms with E-state index in [-0.39, 0.29) is 24.3 Å². The van der Waals surface area contributed by atoms with Gasteiger partial charge in [-0.3, -0.25) is 14.4 Å². The number of fused-ring (bicyclic) bond motifs is 1.